The predicted molar refractivity (Wildman–Crippen MR) is 75.2 cm³/mol. The van der Waals surface area contributed by atoms with E-state index < -0.39 is 0 Å². The molecule has 0 heterocycles. The van der Waals surface area contributed by atoms with E-state index in [0.29, 0.717) is 5.41 Å². The summed E-state index contributed by atoms with van der Waals surface area (Å²) in [6, 6.07) is 11.1. The molecule has 17 heavy (non-hydrogen) atoms. The van der Waals surface area contributed by atoms with E-state index in [-0.39, 0.29) is 0 Å². The summed E-state index contributed by atoms with van der Waals surface area (Å²) in [6.07, 6.45) is 6.93. The molecule has 1 fully saturated rings. The molecule has 0 saturated heterocycles. The zero-order valence-electron chi connectivity index (χ0n) is 11.6. The smallest absolute Gasteiger partial charge is 0.0136 e. The third-order valence-corrected chi connectivity index (χ3v) is 4.62. The lowest BCUT2D eigenvalue weighted by molar-refractivity contribution is 0.170. The van der Waals surface area contributed by atoms with Crippen molar-refractivity contribution in [1.82, 2.24) is 0 Å². The van der Waals surface area contributed by atoms with E-state index in [0.717, 1.165) is 11.8 Å². The highest BCUT2D eigenvalue weighted by Gasteiger charge is 2.31. The van der Waals surface area contributed by atoms with E-state index in [2.05, 4.69) is 51.1 Å². The highest BCUT2D eigenvalue weighted by Crippen LogP contribution is 2.44. The molecule has 0 amide bonds. The van der Waals surface area contributed by atoms with Crippen LogP contribution in [0.4, 0.5) is 0 Å². The molecular weight excluding hydrogens is 204 g/mol. The summed E-state index contributed by atoms with van der Waals surface area (Å²) in [7, 11) is 0. The quantitative estimate of drug-likeness (QED) is 0.652. The van der Waals surface area contributed by atoms with Crippen molar-refractivity contribution < 1.29 is 0 Å². The summed E-state index contributed by atoms with van der Waals surface area (Å²) in [5.41, 5.74) is 2.14. The summed E-state index contributed by atoms with van der Waals surface area (Å²) in [5, 5.41) is 0. The van der Waals surface area contributed by atoms with Gasteiger partial charge in [-0.3, -0.25) is 0 Å². The van der Waals surface area contributed by atoms with Crippen LogP contribution in [-0.4, -0.2) is 0 Å². The van der Waals surface area contributed by atoms with Gasteiger partial charge in [0.25, 0.3) is 0 Å². The Kier molecular flexibility index (Phi) is 3.91. The largest absolute Gasteiger partial charge is 0.0648 e. The molecule has 0 aromatic heterocycles. The molecule has 0 N–H and O–H groups in total. The van der Waals surface area contributed by atoms with Crippen LogP contribution in [0.25, 0.3) is 0 Å². The third kappa shape index (κ3) is 3.12. The van der Waals surface area contributed by atoms with Gasteiger partial charge < -0.3 is 0 Å². The zero-order chi connectivity index (χ0) is 12.3. The topological polar surface area (TPSA) is 0 Å². The molecule has 1 aliphatic rings. The van der Waals surface area contributed by atoms with Crippen LogP contribution in [0.5, 0.6) is 0 Å². The maximum atomic E-state index is 2.42. The van der Waals surface area contributed by atoms with E-state index >= 15 is 0 Å². The Morgan fingerprint density at radius 2 is 1.71 bits per heavy atom. The molecule has 1 aromatic carbocycles. The van der Waals surface area contributed by atoms with Gasteiger partial charge in [-0.2, -0.15) is 0 Å². The van der Waals surface area contributed by atoms with Crippen LogP contribution in [0.3, 0.4) is 0 Å². The first-order chi connectivity index (χ1) is 8.12. The van der Waals surface area contributed by atoms with Crippen LogP contribution in [-0.2, 0) is 0 Å². The molecule has 1 aliphatic carbocycles. The highest BCUT2D eigenvalue weighted by molar-refractivity contribution is 5.20. The second-order valence-electron chi connectivity index (χ2n) is 6.43. The molecule has 1 saturated carbocycles. The number of rotatable bonds is 3. The molecule has 1 unspecified atom stereocenters. The molecule has 0 aliphatic heterocycles. The standard InChI is InChI=1S/C17H26/c1-4-16(14-8-6-5-7-9-14)15-10-12-17(2,3)13-11-15/h5-9,15-16H,4,10-13H2,1-3H3. The van der Waals surface area contributed by atoms with Gasteiger partial charge in [0, 0.05) is 0 Å². The Morgan fingerprint density at radius 1 is 1.12 bits per heavy atom. The van der Waals surface area contributed by atoms with Gasteiger partial charge in [0.1, 0.15) is 0 Å². The second kappa shape index (κ2) is 5.25. The molecule has 1 atom stereocenters. The lowest BCUT2D eigenvalue weighted by atomic mass is 9.68. The van der Waals surface area contributed by atoms with Crippen molar-refractivity contribution >= 4 is 0 Å². The normalized spacial score (nSPS) is 22.3. The minimum absolute atomic E-state index is 0.589. The van der Waals surface area contributed by atoms with Gasteiger partial charge >= 0.3 is 0 Å². The fraction of sp³-hybridized carbons (Fsp3) is 0.647. The molecule has 0 nitrogen and oxygen atoms in total. The molecule has 0 bridgehead atoms. The van der Waals surface area contributed by atoms with Gasteiger partial charge in [-0.05, 0) is 54.9 Å². The Morgan fingerprint density at radius 3 is 2.24 bits per heavy atom. The molecule has 0 radical (unpaired) electrons. The van der Waals surface area contributed by atoms with Crippen LogP contribution in [0.1, 0.15) is 64.4 Å². The molecular formula is C17H26. The van der Waals surface area contributed by atoms with Gasteiger partial charge in [-0.15, -0.1) is 0 Å². The molecule has 2 rings (SSSR count). The number of benzene rings is 1. The summed E-state index contributed by atoms with van der Waals surface area (Å²) in [5.74, 6) is 1.70. The van der Waals surface area contributed by atoms with Crippen molar-refractivity contribution in [2.24, 2.45) is 11.3 Å². The fourth-order valence-electron chi connectivity index (χ4n) is 3.37. The van der Waals surface area contributed by atoms with Gasteiger partial charge in [0.2, 0.25) is 0 Å². The lowest BCUT2D eigenvalue weighted by Crippen LogP contribution is -2.25. The Bertz CT molecular complexity index is 326. The average Bonchev–Trinajstić information content (AvgIpc) is 2.33. The monoisotopic (exact) mass is 230 g/mol. The van der Waals surface area contributed by atoms with Crippen molar-refractivity contribution in [3.8, 4) is 0 Å². The Labute approximate surface area is 106 Å². The Hall–Kier alpha value is -0.780. The van der Waals surface area contributed by atoms with Gasteiger partial charge in [0.05, 0.1) is 0 Å². The Balaban J connectivity index is 2.05. The minimum atomic E-state index is 0.589. The number of hydrogen-bond donors (Lipinski definition) is 0. The van der Waals surface area contributed by atoms with Crippen molar-refractivity contribution in [1.29, 1.82) is 0 Å². The second-order valence-corrected chi connectivity index (χ2v) is 6.43. The van der Waals surface area contributed by atoms with E-state index in [9.17, 15) is 0 Å². The fourth-order valence-corrected chi connectivity index (χ4v) is 3.37. The van der Waals surface area contributed by atoms with E-state index in [1.165, 1.54) is 32.1 Å². The van der Waals surface area contributed by atoms with Crippen LogP contribution in [0.15, 0.2) is 30.3 Å². The van der Waals surface area contributed by atoms with Crippen molar-refractivity contribution in [2.45, 2.75) is 58.8 Å². The molecule has 0 heteroatoms. The van der Waals surface area contributed by atoms with E-state index in [1.54, 1.807) is 5.56 Å². The average molecular weight is 230 g/mol. The summed E-state index contributed by atoms with van der Waals surface area (Å²) in [6.45, 7) is 7.19. The zero-order valence-corrected chi connectivity index (χ0v) is 11.6. The van der Waals surface area contributed by atoms with Gasteiger partial charge in [-0.1, -0.05) is 51.1 Å². The highest BCUT2D eigenvalue weighted by atomic mass is 14.4. The maximum Gasteiger partial charge on any atom is -0.0136 e. The predicted octanol–water partition coefficient (Wildman–Crippen LogP) is 5.40. The van der Waals surface area contributed by atoms with E-state index in [4.69, 9.17) is 0 Å². The summed E-state index contributed by atoms with van der Waals surface area (Å²) < 4.78 is 0. The number of hydrogen-bond acceptors (Lipinski definition) is 0. The van der Waals surface area contributed by atoms with Crippen molar-refractivity contribution in [2.75, 3.05) is 0 Å². The first-order valence-electron chi connectivity index (χ1n) is 7.17. The first kappa shape index (κ1) is 12.7. The van der Waals surface area contributed by atoms with Crippen molar-refractivity contribution in [3.63, 3.8) is 0 Å². The summed E-state index contributed by atoms with van der Waals surface area (Å²) in [4.78, 5) is 0. The third-order valence-electron chi connectivity index (χ3n) is 4.62. The van der Waals surface area contributed by atoms with Crippen LogP contribution < -0.4 is 0 Å². The van der Waals surface area contributed by atoms with Gasteiger partial charge in [-0.25, -0.2) is 0 Å². The minimum Gasteiger partial charge on any atom is -0.0648 e. The molecule has 0 spiro atoms. The lowest BCUT2D eigenvalue weighted by Gasteiger charge is -2.38. The SMILES string of the molecule is CCC(c1ccccc1)C1CCC(C)(C)CC1. The maximum absolute atomic E-state index is 2.42. The van der Waals surface area contributed by atoms with Crippen LogP contribution >= 0.6 is 0 Å². The van der Waals surface area contributed by atoms with Crippen molar-refractivity contribution in [3.05, 3.63) is 35.9 Å². The van der Waals surface area contributed by atoms with Crippen LogP contribution in [0, 0.1) is 11.3 Å². The molecule has 1 aromatic rings. The molecule has 94 valence electrons. The van der Waals surface area contributed by atoms with Gasteiger partial charge in [0.15, 0.2) is 0 Å². The van der Waals surface area contributed by atoms with Crippen LogP contribution in [0.2, 0.25) is 0 Å². The van der Waals surface area contributed by atoms with E-state index in [1.807, 2.05) is 0 Å². The first-order valence-corrected chi connectivity index (χ1v) is 7.17. The summed E-state index contributed by atoms with van der Waals surface area (Å²) >= 11 is 0.